The molecule has 0 aliphatic rings. The van der Waals surface area contributed by atoms with Gasteiger partial charge in [0.05, 0.1) is 12.9 Å². The van der Waals surface area contributed by atoms with Gasteiger partial charge < -0.3 is 5.11 Å². The molecule has 0 amide bonds. The summed E-state index contributed by atoms with van der Waals surface area (Å²) in [5.74, 6) is -1.19. The van der Waals surface area contributed by atoms with Crippen molar-refractivity contribution in [3.63, 3.8) is 0 Å². The lowest BCUT2D eigenvalue weighted by Gasteiger charge is -2.00. The number of aliphatic carboxylic acids is 1. The number of carboxylic acids is 1. The maximum absolute atomic E-state index is 12.1. The second-order valence-corrected chi connectivity index (χ2v) is 1.49. The van der Waals surface area contributed by atoms with Crippen LogP contribution in [0.5, 0.6) is 0 Å². The zero-order valence-corrected chi connectivity index (χ0v) is 5.05. The summed E-state index contributed by atoms with van der Waals surface area (Å²) in [5.41, 5.74) is 0. The molecule has 0 aliphatic carbocycles. The van der Waals surface area contributed by atoms with Gasteiger partial charge in [0.25, 0.3) is 0 Å². The molecule has 0 spiro atoms. The highest BCUT2D eigenvalue weighted by molar-refractivity contribution is 5.69. The summed E-state index contributed by atoms with van der Waals surface area (Å²) in [7, 11) is 0. The smallest absolute Gasteiger partial charge is 0.317 e. The summed E-state index contributed by atoms with van der Waals surface area (Å²) in [4.78, 5) is 9.76. The monoisotopic (exact) mass is 151 g/mol. The lowest BCUT2D eigenvalue weighted by Crippen LogP contribution is -2.28. The molecule has 1 unspecified atom stereocenters. The fraction of sp³-hybridized carbons (Fsp3) is 0.400. The number of hydrogen-bond acceptors (Lipinski definition) is 2. The van der Waals surface area contributed by atoms with Crippen molar-refractivity contribution in [3.8, 4) is 0 Å². The van der Waals surface area contributed by atoms with Gasteiger partial charge in [-0.2, -0.15) is 0 Å². The van der Waals surface area contributed by atoms with Crippen molar-refractivity contribution in [3.05, 3.63) is 12.4 Å². The maximum atomic E-state index is 12.1. The van der Waals surface area contributed by atoms with Gasteiger partial charge in [0.1, 0.15) is 0 Å². The van der Waals surface area contributed by atoms with E-state index in [1.165, 1.54) is 0 Å². The molecule has 0 aromatic carbocycles. The van der Waals surface area contributed by atoms with Crippen molar-refractivity contribution < 1.29 is 18.7 Å². The molecule has 1 atom stereocenters. The largest absolute Gasteiger partial charge is 0.480 e. The molecule has 5 heteroatoms. The highest BCUT2D eigenvalue weighted by Gasteiger charge is 2.01. The molecule has 0 saturated carbocycles. The molecule has 0 radical (unpaired) electrons. The first-order valence-corrected chi connectivity index (χ1v) is 2.53. The maximum Gasteiger partial charge on any atom is 0.317 e. The first kappa shape index (κ1) is 9.03. The Labute approximate surface area is 56.3 Å². The van der Waals surface area contributed by atoms with Crippen molar-refractivity contribution in [1.82, 2.24) is 5.32 Å². The van der Waals surface area contributed by atoms with Gasteiger partial charge in [-0.15, -0.1) is 0 Å². The molecule has 10 heavy (non-hydrogen) atoms. The molecule has 0 aliphatic heterocycles. The Balaban J connectivity index is 3.39. The third-order valence-corrected chi connectivity index (χ3v) is 0.690. The summed E-state index contributed by atoms with van der Waals surface area (Å²) in [6, 6.07) is 0. The zero-order chi connectivity index (χ0) is 7.98. The van der Waals surface area contributed by atoms with E-state index in [1.807, 2.05) is 5.32 Å². The second-order valence-electron chi connectivity index (χ2n) is 1.49. The predicted molar refractivity (Wildman–Crippen MR) is 30.8 cm³/mol. The van der Waals surface area contributed by atoms with Crippen LogP contribution >= 0.6 is 0 Å². The molecule has 3 nitrogen and oxygen atoms in total. The van der Waals surface area contributed by atoms with Crippen LogP contribution in [0, 0.1) is 0 Å². The van der Waals surface area contributed by atoms with Crippen molar-refractivity contribution in [2.45, 2.75) is 6.30 Å². The van der Waals surface area contributed by atoms with E-state index < -0.39 is 18.8 Å². The third-order valence-electron chi connectivity index (χ3n) is 0.690. The molecule has 0 aromatic rings. The summed E-state index contributed by atoms with van der Waals surface area (Å²) >= 11 is 0. The third kappa shape index (κ3) is 5.17. The van der Waals surface area contributed by atoms with Gasteiger partial charge in [0.15, 0.2) is 6.30 Å². The standard InChI is InChI=1S/C5H7F2NO2/c6-2-1-4(7)8-3-5(9)10/h1-2,4,8H,3H2,(H,9,10). The summed E-state index contributed by atoms with van der Waals surface area (Å²) in [5, 5.41) is 9.87. The van der Waals surface area contributed by atoms with Crippen molar-refractivity contribution in [2.24, 2.45) is 0 Å². The normalized spacial score (nSPS) is 13.8. The minimum absolute atomic E-state index is 0.0134. The van der Waals surface area contributed by atoms with E-state index in [0.29, 0.717) is 6.08 Å². The predicted octanol–water partition coefficient (Wildman–Crippen LogP) is 0.439. The van der Waals surface area contributed by atoms with E-state index in [0.717, 1.165) is 0 Å². The van der Waals surface area contributed by atoms with Gasteiger partial charge in [-0.05, 0) is 6.08 Å². The molecule has 0 saturated heterocycles. The molecule has 0 fully saturated rings. The van der Waals surface area contributed by atoms with E-state index in [1.54, 1.807) is 0 Å². The Morgan fingerprint density at radius 1 is 1.80 bits per heavy atom. The average molecular weight is 151 g/mol. The first-order chi connectivity index (χ1) is 4.66. The molecule has 2 N–H and O–H groups in total. The Bertz CT molecular complexity index is 138. The van der Waals surface area contributed by atoms with E-state index in [4.69, 9.17) is 5.11 Å². The van der Waals surface area contributed by atoms with Gasteiger partial charge in [0, 0.05) is 0 Å². The minimum Gasteiger partial charge on any atom is -0.480 e. The molecular formula is C5H7F2NO2. The lowest BCUT2D eigenvalue weighted by atomic mass is 10.5. The van der Waals surface area contributed by atoms with Crippen molar-refractivity contribution >= 4 is 5.97 Å². The number of hydrogen-bond donors (Lipinski definition) is 2. The van der Waals surface area contributed by atoms with E-state index in [9.17, 15) is 13.6 Å². The first-order valence-electron chi connectivity index (χ1n) is 2.53. The van der Waals surface area contributed by atoms with Crippen LogP contribution < -0.4 is 5.32 Å². The molecule has 0 heterocycles. The van der Waals surface area contributed by atoms with Gasteiger partial charge in [-0.1, -0.05) is 0 Å². The van der Waals surface area contributed by atoms with Crippen LogP contribution in [0.1, 0.15) is 0 Å². The van der Waals surface area contributed by atoms with Crippen molar-refractivity contribution in [1.29, 1.82) is 0 Å². The topological polar surface area (TPSA) is 49.3 Å². The van der Waals surface area contributed by atoms with Gasteiger partial charge >= 0.3 is 5.97 Å². The lowest BCUT2D eigenvalue weighted by molar-refractivity contribution is -0.136. The van der Waals surface area contributed by atoms with E-state index >= 15 is 0 Å². The van der Waals surface area contributed by atoms with Crippen LogP contribution in [0.15, 0.2) is 12.4 Å². The fourth-order valence-electron chi connectivity index (χ4n) is 0.317. The number of carbonyl (C=O) groups is 1. The van der Waals surface area contributed by atoms with Crippen LogP contribution in [-0.2, 0) is 4.79 Å². The van der Waals surface area contributed by atoms with Crippen LogP contribution in [0.4, 0.5) is 8.78 Å². The quantitative estimate of drug-likeness (QED) is 0.573. The molecule has 0 rings (SSSR count). The summed E-state index contributed by atoms with van der Waals surface area (Å²) in [6.45, 7) is -0.522. The highest BCUT2D eigenvalue weighted by atomic mass is 19.1. The number of carboxylic acid groups (broad SMARTS) is 1. The molecule has 0 bridgehead atoms. The van der Waals surface area contributed by atoms with Crippen LogP contribution in [-0.4, -0.2) is 23.9 Å². The van der Waals surface area contributed by atoms with E-state index in [2.05, 4.69) is 0 Å². The second kappa shape index (κ2) is 4.87. The average Bonchev–Trinajstić information content (AvgIpc) is 1.85. The Kier molecular flexibility index (Phi) is 4.39. The fourth-order valence-corrected chi connectivity index (χ4v) is 0.317. The molecular weight excluding hydrogens is 144 g/mol. The van der Waals surface area contributed by atoms with Crippen LogP contribution in [0.25, 0.3) is 0 Å². The number of nitrogens with one attached hydrogen (secondary N) is 1. The molecule has 0 aromatic heterocycles. The highest BCUT2D eigenvalue weighted by Crippen LogP contribution is 1.86. The Morgan fingerprint density at radius 2 is 2.40 bits per heavy atom. The Hall–Kier alpha value is -0.970. The summed E-state index contributed by atoms with van der Waals surface area (Å²) in [6.07, 6.45) is -1.15. The van der Waals surface area contributed by atoms with Gasteiger partial charge in [0.2, 0.25) is 0 Å². The van der Waals surface area contributed by atoms with Crippen molar-refractivity contribution in [2.75, 3.05) is 6.54 Å². The van der Waals surface area contributed by atoms with E-state index in [-0.39, 0.29) is 6.33 Å². The minimum atomic E-state index is -1.74. The molecule has 58 valence electrons. The van der Waals surface area contributed by atoms with Gasteiger partial charge in [-0.3, -0.25) is 10.1 Å². The Morgan fingerprint density at radius 3 is 2.80 bits per heavy atom. The van der Waals surface area contributed by atoms with Gasteiger partial charge in [-0.25, -0.2) is 8.78 Å². The number of halogens is 2. The number of alkyl halides is 1. The van der Waals surface area contributed by atoms with Crippen LogP contribution in [0.2, 0.25) is 0 Å². The summed E-state index contributed by atoms with van der Waals surface area (Å²) < 4.78 is 23.2. The SMILES string of the molecule is O=C(O)CNC(F)C=CF. The van der Waals surface area contributed by atoms with Crippen LogP contribution in [0.3, 0.4) is 0 Å². The number of rotatable bonds is 4. The zero-order valence-electron chi connectivity index (χ0n) is 5.05.